The number of anilines is 1. The van der Waals surface area contributed by atoms with Gasteiger partial charge in [-0.05, 0) is 19.1 Å². The van der Waals surface area contributed by atoms with Crippen molar-refractivity contribution in [2.45, 2.75) is 6.92 Å². The van der Waals surface area contributed by atoms with Gasteiger partial charge in [-0.2, -0.15) is 0 Å². The molecule has 22 heavy (non-hydrogen) atoms. The highest BCUT2D eigenvalue weighted by atomic mass is 16.6. The second-order valence-electron chi connectivity index (χ2n) is 4.69. The molecule has 0 radical (unpaired) electrons. The first kappa shape index (κ1) is 16.0. The monoisotopic (exact) mass is 306 g/mol. The molecule has 1 saturated heterocycles. The molecule has 1 aliphatic rings. The normalized spacial score (nSPS) is 15.0. The number of carbonyl (C=O) groups is 1. The summed E-state index contributed by atoms with van der Waals surface area (Å²) in [6.07, 6.45) is 2.84. The molecular formula is C15H18N2O5. The molecule has 1 aromatic carbocycles. The van der Waals surface area contributed by atoms with Crippen LogP contribution in [0.3, 0.4) is 0 Å². The number of hydrogen-bond acceptors (Lipinski definition) is 6. The van der Waals surface area contributed by atoms with Crippen LogP contribution in [0.4, 0.5) is 11.4 Å². The minimum absolute atomic E-state index is 0.0134. The van der Waals surface area contributed by atoms with E-state index in [0.29, 0.717) is 31.9 Å². The molecule has 1 aromatic rings. The summed E-state index contributed by atoms with van der Waals surface area (Å²) in [5, 5.41) is 10.9. The van der Waals surface area contributed by atoms with E-state index >= 15 is 0 Å². The lowest BCUT2D eigenvalue weighted by Crippen LogP contribution is -2.36. The predicted octanol–water partition coefficient (Wildman–Crippen LogP) is 2.01. The van der Waals surface area contributed by atoms with Crippen LogP contribution >= 0.6 is 0 Å². The summed E-state index contributed by atoms with van der Waals surface area (Å²) >= 11 is 0. The second kappa shape index (κ2) is 7.56. The third-order valence-electron chi connectivity index (χ3n) is 3.26. The molecule has 0 N–H and O–H groups in total. The maximum atomic E-state index is 11.4. The van der Waals surface area contributed by atoms with Crippen LogP contribution in [0.15, 0.2) is 24.3 Å². The molecule has 1 fully saturated rings. The largest absolute Gasteiger partial charge is 0.463 e. The number of nitro groups is 1. The Morgan fingerprint density at radius 3 is 2.82 bits per heavy atom. The molecule has 0 amide bonds. The zero-order valence-electron chi connectivity index (χ0n) is 12.4. The van der Waals surface area contributed by atoms with E-state index in [1.807, 2.05) is 0 Å². The minimum atomic E-state index is -0.470. The smallest absolute Gasteiger partial charge is 0.330 e. The van der Waals surface area contributed by atoms with Gasteiger partial charge in [0.15, 0.2) is 0 Å². The Morgan fingerprint density at radius 1 is 1.45 bits per heavy atom. The van der Waals surface area contributed by atoms with E-state index in [0.717, 1.165) is 5.69 Å². The quantitative estimate of drug-likeness (QED) is 0.358. The maximum absolute atomic E-state index is 11.4. The van der Waals surface area contributed by atoms with Crippen LogP contribution in [-0.4, -0.2) is 43.8 Å². The fraction of sp³-hybridized carbons (Fsp3) is 0.400. The molecule has 0 spiro atoms. The third-order valence-corrected chi connectivity index (χ3v) is 3.26. The van der Waals surface area contributed by atoms with Gasteiger partial charge in [0.2, 0.25) is 0 Å². The van der Waals surface area contributed by atoms with Crippen molar-refractivity contribution in [3.63, 3.8) is 0 Å². The lowest BCUT2D eigenvalue weighted by Gasteiger charge is -2.30. The van der Waals surface area contributed by atoms with E-state index in [-0.39, 0.29) is 12.3 Å². The standard InChI is InChI=1S/C15H18N2O5/c1-2-22-15(18)6-3-12-11-13(17(19)20)4-5-14(12)16-7-9-21-10-8-16/h3-6,11H,2,7-10H2,1H3/b6-3+. The first-order chi connectivity index (χ1) is 10.6. The van der Waals surface area contributed by atoms with Crippen molar-refractivity contribution in [2.24, 2.45) is 0 Å². The van der Waals surface area contributed by atoms with Gasteiger partial charge in [0.05, 0.1) is 24.7 Å². The van der Waals surface area contributed by atoms with Crippen LogP contribution in [0.1, 0.15) is 12.5 Å². The van der Waals surface area contributed by atoms with Gasteiger partial charge in [-0.3, -0.25) is 10.1 Å². The Bertz CT molecular complexity index is 579. The van der Waals surface area contributed by atoms with Crippen LogP contribution in [0.2, 0.25) is 0 Å². The molecule has 0 unspecified atom stereocenters. The molecule has 0 atom stereocenters. The van der Waals surface area contributed by atoms with Crippen molar-refractivity contribution < 1.29 is 19.2 Å². The number of carbonyl (C=O) groups excluding carboxylic acids is 1. The predicted molar refractivity (Wildman–Crippen MR) is 81.8 cm³/mol. The molecule has 7 nitrogen and oxygen atoms in total. The summed E-state index contributed by atoms with van der Waals surface area (Å²) in [6, 6.07) is 4.63. The summed E-state index contributed by atoms with van der Waals surface area (Å²) in [7, 11) is 0. The average molecular weight is 306 g/mol. The van der Waals surface area contributed by atoms with E-state index < -0.39 is 10.9 Å². The van der Waals surface area contributed by atoms with Crippen molar-refractivity contribution in [3.05, 3.63) is 40.0 Å². The van der Waals surface area contributed by atoms with E-state index in [2.05, 4.69) is 4.90 Å². The van der Waals surface area contributed by atoms with Crippen LogP contribution in [0.25, 0.3) is 6.08 Å². The van der Waals surface area contributed by atoms with Crippen molar-refractivity contribution in [2.75, 3.05) is 37.8 Å². The minimum Gasteiger partial charge on any atom is -0.463 e. The number of nitro benzene ring substituents is 1. The molecule has 0 aliphatic carbocycles. The van der Waals surface area contributed by atoms with E-state index in [1.165, 1.54) is 18.2 Å². The summed E-state index contributed by atoms with van der Waals surface area (Å²) in [5.74, 6) is -0.470. The maximum Gasteiger partial charge on any atom is 0.330 e. The van der Waals surface area contributed by atoms with Gasteiger partial charge in [-0.15, -0.1) is 0 Å². The molecule has 1 aliphatic heterocycles. The van der Waals surface area contributed by atoms with E-state index in [9.17, 15) is 14.9 Å². The summed E-state index contributed by atoms with van der Waals surface area (Å²) < 4.78 is 10.1. The Kier molecular flexibility index (Phi) is 5.48. The highest BCUT2D eigenvalue weighted by Gasteiger charge is 2.17. The Labute approximate surface area is 128 Å². The van der Waals surface area contributed by atoms with Gasteiger partial charge < -0.3 is 14.4 Å². The molecule has 0 bridgehead atoms. The van der Waals surface area contributed by atoms with Crippen molar-refractivity contribution in [3.8, 4) is 0 Å². The van der Waals surface area contributed by atoms with E-state index in [1.54, 1.807) is 19.1 Å². The van der Waals surface area contributed by atoms with Crippen molar-refractivity contribution in [1.29, 1.82) is 0 Å². The number of ether oxygens (including phenoxy) is 2. The molecular weight excluding hydrogens is 288 g/mol. The van der Waals surface area contributed by atoms with Gasteiger partial charge in [0.1, 0.15) is 0 Å². The third kappa shape index (κ3) is 4.05. The topological polar surface area (TPSA) is 81.9 Å². The number of rotatable bonds is 5. The van der Waals surface area contributed by atoms with Crippen molar-refractivity contribution in [1.82, 2.24) is 0 Å². The van der Waals surface area contributed by atoms with E-state index in [4.69, 9.17) is 9.47 Å². The number of nitrogens with zero attached hydrogens (tertiary/aromatic N) is 2. The Balaban J connectivity index is 2.31. The molecule has 0 aromatic heterocycles. The SMILES string of the molecule is CCOC(=O)/C=C/c1cc([N+](=O)[O-])ccc1N1CCOCC1. The number of esters is 1. The van der Waals surface area contributed by atoms with Gasteiger partial charge in [-0.25, -0.2) is 4.79 Å². The summed E-state index contributed by atoms with van der Waals surface area (Å²) in [6.45, 7) is 4.64. The number of non-ortho nitro benzene ring substituents is 1. The lowest BCUT2D eigenvalue weighted by atomic mass is 10.1. The molecule has 118 valence electrons. The Hall–Kier alpha value is -2.41. The van der Waals surface area contributed by atoms with Crippen LogP contribution < -0.4 is 4.90 Å². The van der Waals surface area contributed by atoms with Gasteiger partial charge in [0.25, 0.3) is 5.69 Å². The highest BCUT2D eigenvalue weighted by Crippen LogP contribution is 2.27. The number of morpholine rings is 1. The van der Waals surface area contributed by atoms with Gasteiger partial charge >= 0.3 is 5.97 Å². The van der Waals surface area contributed by atoms with Crippen molar-refractivity contribution >= 4 is 23.4 Å². The molecule has 1 heterocycles. The fourth-order valence-electron chi connectivity index (χ4n) is 2.23. The van der Waals surface area contributed by atoms with Crippen LogP contribution in [0, 0.1) is 10.1 Å². The summed E-state index contributed by atoms with van der Waals surface area (Å²) in [5.41, 5.74) is 1.44. The molecule has 0 saturated carbocycles. The lowest BCUT2D eigenvalue weighted by molar-refractivity contribution is -0.384. The van der Waals surface area contributed by atoms with Gasteiger partial charge in [0, 0.05) is 42.5 Å². The fourth-order valence-corrected chi connectivity index (χ4v) is 2.23. The first-order valence-corrected chi connectivity index (χ1v) is 7.07. The number of hydrogen-bond donors (Lipinski definition) is 0. The number of benzene rings is 1. The first-order valence-electron chi connectivity index (χ1n) is 7.07. The second-order valence-corrected chi connectivity index (χ2v) is 4.69. The average Bonchev–Trinajstić information content (AvgIpc) is 2.53. The van der Waals surface area contributed by atoms with Crippen LogP contribution in [-0.2, 0) is 14.3 Å². The molecule has 2 rings (SSSR count). The zero-order chi connectivity index (χ0) is 15.9. The zero-order valence-corrected chi connectivity index (χ0v) is 12.4. The van der Waals surface area contributed by atoms with Crippen LogP contribution in [0.5, 0.6) is 0 Å². The summed E-state index contributed by atoms with van der Waals surface area (Å²) in [4.78, 5) is 24.0. The Morgan fingerprint density at radius 2 is 2.18 bits per heavy atom. The van der Waals surface area contributed by atoms with Gasteiger partial charge in [-0.1, -0.05) is 0 Å². The molecule has 7 heteroatoms. The highest BCUT2D eigenvalue weighted by molar-refractivity contribution is 5.88.